The summed E-state index contributed by atoms with van der Waals surface area (Å²) in [4.78, 5) is 14.8. The minimum Gasteiger partial charge on any atom is -0.381 e. The smallest absolute Gasteiger partial charge is 0.220 e. The molecular weight excluding hydrogens is 361 g/mol. The van der Waals surface area contributed by atoms with Crippen molar-refractivity contribution in [3.05, 3.63) is 0 Å². The van der Waals surface area contributed by atoms with Gasteiger partial charge < -0.3 is 15.8 Å². The number of hydrogen-bond acceptors (Lipinski definition) is 4. The van der Waals surface area contributed by atoms with Crippen LogP contribution >= 0.6 is 24.8 Å². The lowest BCUT2D eigenvalue weighted by atomic mass is 9.86. The van der Waals surface area contributed by atoms with Crippen molar-refractivity contribution in [2.45, 2.75) is 69.7 Å². The van der Waals surface area contributed by atoms with Gasteiger partial charge in [-0.2, -0.15) is 0 Å². The minimum atomic E-state index is 0. The van der Waals surface area contributed by atoms with E-state index in [1.807, 2.05) is 0 Å². The van der Waals surface area contributed by atoms with Crippen molar-refractivity contribution in [2.75, 3.05) is 39.4 Å². The van der Waals surface area contributed by atoms with Gasteiger partial charge in [-0.3, -0.25) is 9.69 Å². The summed E-state index contributed by atoms with van der Waals surface area (Å²) in [5.74, 6) is 0.209. The van der Waals surface area contributed by atoms with Gasteiger partial charge in [0.2, 0.25) is 5.91 Å². The molecule has 1 amide bonds. The first kappa shape index (κ1) is 24.9. The van der Waals surface area contributed by atoms with Gasteiger partial charge in [-0.1, -0.05) is 19.3 Å². The second-order valence-electron chi connectivity index (χ2n) is 7.11. The molecule has 0 saturated carbocycles. The molecule has 150 valence electrons. The van der Waals surface area contributed by atoms with Crippen LogP contribution in [0.15, 0.2) is 0 Å². The number of likely N-dealkylation sites (tertiary alicyclic amines) is 1. The highest BCUT2D eigenvalue weighted by atomic mass is 35.5. The summed E-state index contributed by atoms with van der Waals surface area (Å²) in [7, 11) is 0. The van der Waals surface area contributed by atoms with Crippen molar-refractivity contribution in [2.24, 2.45) is 5.73 Å². The summed E-state index contributed by atoms with van der Waals surface area (Å²) in [6.07, 6.45) is 11.0. The third kappa shape index (κ3) is 8.44. The maximum Gasteiger partial charge on any atom is 0.220 e. The summed E-state index contributed by atoms with van der Waals surface area (Å²) in [6.45, 7) is 5.55. The highest BCUT2D eigenvalue weighted by Crippen LogP contribution is 2.30. The van der Waals surface area contributed by atoms with Crippen LogP contribution in [0.2, 0.25) is 0 Å². The van der Waals surface area contributed by atoms with Gasteiger partial charge in [-0.05, 0) is 58.2 Å². The molecular formula is C18H37Cl2N3O2. The number of carbonyl (C=O) groups is 1. The number of halogens is 2. The van der Waals surface area contributed by atoms with Crippen molar-refractivity contribution in [3.8, 4) is 0 Å². The number of ether oxygens (including phenoxy) is 1. The average molecular weight is 398 g/mol. The summed E-state index contributed by atoms with van der Waals surface area (Å²) in [5, 5.41) is 3.22. The van der Waals surface area contributed by atoms with Gasteiger partial charge in [0, 0.05) is 31.7 Å². The lowest BCUT2D eigenvalue weighted by Gasteiger charge is -2.48. The molecule has 3 N–H and O–H groups in total. The molecule has 2 rings (SSSR count). The molecule has 5 nitrogen and oxygen atoms in total. The van der Waals surface area contributed by atoms with E-state index in [1.165, 1.54) is 32.4 Å². The monoisotopic (exact) mass is 397 g/mol. The average Bonchev–Trinajstić information content (AvgIpc) is 2.61. The molecule has 0 unspecified atom stereocenters. The van der Waals surface area contributed by atoms with Crippen LogP contribution in [0.4, 0.5) is 0 Å². The van der Waals surface area contributed by atoms with E-state index in [1.54, 1.807) is 0 Å². The van der Waals surface area contributed by atoms with Gasteiger partial charge in [0.15, 0.2) is 0 Å². The van der Waals surface area contributed by atoms with Crippen molar-refractivity contribution in [3.63, 3.8) is 0 Å². The normalized spacial score (nSPS) is 20.2. The first-order valence-electron chi connectivity index (χ1n) is 9.56. The molecule has 0 aliphatic carbocycles. The molecule has 0 bridgehead atoms. The van der Waals surface area contributed by atoms with Gasteiger partial charge in [-0.15, -0.1) is 24.8 Å². The number of hydrogen-bond donors (Lipinski definition) is 2. The van der Waals surface area contributed by atoms with Crippen LogP contribution in [0.5, 0.6) is 0 Å². The van der Waals surface area contributed by atoms with Crippen molar-refractivity contribution < 1.29 is 9.53 Å². The molecule has 0 aromatic rings. The van der Waals surface area contributed by atoms with Crippen molar-refractivity contribution >= 4 is 30.7 Å². The van der Waals surface area contributed by atoms with Crippen LogP contribution in [0, 0.1) is 0 Å². The standard InChI is InChI=1S/C18H35N3O2.2ClH/c19-11-5-2-1-4-8-17(22)20-16-18(9-14-23-15-10-18)21-12-6-3-7-13-21;;/h1-16,19H2,(H,20,22);2*1H. The zero-order chi connectivity index (χ0) is 16.4. The van der Waals surface area contributed by atoms with Gasteiger partial charge in [-0.25, -0.2) is 0 Å². The Balaban J connectivity index is 0.00000288. The Kier molecular flexibility index (Phi) is 14.0. The Morgan fingerprint density at radius 2 is 1.64 bits per heavy atom. The summed E-state index contributed by atoms with van der Waals surface area (Å²) in [5.41, 5.74) is 5.62. The van der Waals surface area contributed by atoms with E-state index in [0.717, 1.165) is 64.8 Å². The zero-order valence-corrected chi connectivity index (χ0v) is 17.1. The fourth-order valence-corrected chi connectivity index (χ4v) is 3.86. The first-order chi connectivity index (χ1) is 11.3. The SMILES string of the molecule is Cl.Cl.NCCCCCCC(=O)NCC1(N2CCCCC2)CCOCC1. The molecule has 0 atom stereocenters. The van der Waals surface area contributed by atoms with E-state index in [0.29, 0.717) is 6.42 Å². The van der Waals surface area contributed by atoms with Gasteiger partial charge in [0.05, 0.1) is 0 Å². The van der Waals surface area contributed by atoms with Crippen molar-refractivity contribution in [1.82, 2.24) is 10.2 Å². The van der Waals surface area contributed by atoms with Crippen LogP contribution in [-0.4, -0.2) is 55.7 Å². The van der Waals surface area contributed by atoms with Crippen LogP contribution in [-0.2, 0) is 9.53 Å². The number of nitrogens with zero attached hydrogens (tertiary/aromatic N) is 1. The minimum absolute atomic E-state index is 0. The molecule has 2 fully saturated rings. The van der Waals surface area contributed by atoms with Crippen LogP contribution in [0.3, 0.4) is 0 Å². The fourth-order valence-electron chi connectivity index (χ4n) is 3.86. The lowest BCUT2D eigenvalue weighted by Crippen LogP contribution is -2.59. The maximum absolute atomic E-state index is 12.2. The van der Waals surface area contributed by atoms with Gasteiger partial charge in [0.25, 0.3) is 0 Å². The van der Waals surface area contributed by atoms with Crippen LogP contribution < -0.4 is 11.1 Å². The Morgan fingerprint density at radius 1 is 1.00 bits per heavy atom. The topological polar surface area (TPSA) is 67.6 Å². The van der Waals surface area contributed by atoms with Crippen molar-refractivity contribution in [1.29, 1.82) is 0 Å². The summed E-state index contributed by atoms with van der Waals surface area (Å²) >= 11 is 0. The van der Waals surface area contributed by atoms with Gasteiger partial charge >= 0.3 is 0 Å². The summed E-state index contributed by atoms with van der Waals surface area (Å²) in [6, 6.07) is 0. The third-order valence-corrected chi connectivity index (χ3v) is 5.42. The Bertz CT molecular complexity index is 347. The predicted molar refractivity (Wildman–Crippen MR) is 108 cm³/mol. The second kappa shape index (κ2) is 14.0. The van der Waals surface area contributed by atoms with E-state index in [2.05, 4.69) is 10.2 Å². The predicted octanol–water partition coefficient (Wildman–Crippen LogP) is 2.89. The van der Waals surface area contributed by atoms with E-state index in [4.69, 9.17) is 10.5 Å². The molecule has 2 heterocycles. The largest absolute Gasteiger partial charge is 0.381 e. The molecule has 7 heteroatoms. The van der Waals surface area contributed by atoms with Crippen LogP contribution in [0.1, 0.15) is 64.2 Å². The molecule has 2 aliphatic rings. The maximum atomic E-state index is 12.2. The Labute approximate surface area is 165 Å². The van der Waals surface area contributed by atoms with E-state index in [-0.39, 0.29) is 36.3 Å². The molecule has 2 aliphatic heterocycles. The molecule has 0 aromatic carbocycles. The highest BCUT2D eigenvalue weighted by Gasteiger charge is 2.39. The molecule has 0 radical (unpaired) electrons. The number of nitrogens with two attached hydrogens (primary N) is 1. The molecule has 0 aromatic heterocycles. The zero-order valence-electron chi connectivity index (χ0n) is 15.5. The number of nitrogens with one attached hydrogen (secondary N) is 1. The van der Waals surface area contributed by atoms with Gasteiger partial charge in [0.1, 0.15) is 0 Å². The second-order valence-corrected chi connectivity index (χ2v) is 7.11. The first-order valence-corrected chi connectivity index (χ1v) is 9.56. The number of amides is 1. The van der Waals surface area contributed by atoms with Crippen LogP contribution in [0.25, 0.3) is 0 Å². The Morgan fingerprint density at radius 3 is 2.28 bits per heavy atom. The summed E-state index contributed by atoms with van der Waals surface area (Å²) < 4.78 is 5.58. The number of carbonyl (C=O) groups excluding carboxylic acids is 1. The number of unbranched alkanes of at least 4 members (excludes halogenated alkanes) is 3. The third-order valence-electron chi connectivity index (χ3n) is 5.42. The fraction of sp³-hybridized carbons (Fsp3) is 0.944. The highest BCUT2D eigenvalue weighted by molar-refractivity contribution is 5.85. The molecule has 25 heavy (non-hydrogen) atoms. The number of piperidine rings is 1. The number of rotatable bonds is 9. The molecule has 0 spiro atoms. The van der Waals surface area contributed by atoms with E-state index >= 15 is 0 Å². The molecule has 2 saturated heterocycles. The quantitative estimate of drug-likeness (QED) is 0.586. The lowest BCUT2D eigenvalue weighted by molar-refractivity contribution is -0.122. The van der Waals surface area contributed by atoms with E-state index in [9.17, 15) is 4.79 Å². The Hall–Kier alpha value is -0.0700. The van der Waals surface area contributed by atoms with E-state index < -0.39 is 0 Å².